The number of rotatable bonds is 5. The summed E-state index contributed by atoms with van der Waals surface area (Å²) in [4.78, 5) is 29.2. The molecule has 2 atom stereocenters. The van der Waals surface area contributed by atoms with Gasteiger partial charge >= 0.3 is 0 Å². The number of amides is 1. The van der Waals surface area contributed by atoms with Crippen LogP contribution in [0.15, 0.2) is 59.3 Å². The number of carbonyl (C=O) groups is 1. The molecule has 0 spiro atoms. The molecule has 1 N–H and O–H groups in total. The molecule has 4 aromatic rings. The van der Waals surface area contributed by atoms with Crippen LogP contribution in [0.25, 0.3) is 22.5 Å². The smallest absolute Gasteiger partial charge is 0.295 e. The summed E-state index contributed by atoms with van der Waals surface area (Å²) in [5.74, 6) is 0.882. The fourth-order valence-electron chi connectivity index (χ4n) is 4.70. The Bertz CT molecular complexity index is 1320. The van der Waals surface area contributed by atoms with Crippen molar-refractivity contribution in [1.82, 2.24) is 19.9 Å². The van der Waals surface area contributed by atoms with Crippen molar-refractivity contribution in [3.63, 3.8) is 0 Å². The number of aryl methyl sites for hydroxylation is 1. The molecule has 1 amide bonds. The molecule has 7 nitrogen and oxygen atoms in total. The predicted molar refractivity (Wildman–Crippen MR) is 133 cm³/mol. The van der Waals surface area contributed by atoms with Crippen LogP contribution in [0.1, 0.15) is 35.7 Å². The number of oxazole rings is 1. The summed E-state index contributed by atoms with van der Waals surface area (Å²) in [5, 5.41) is 3.92. The number of fused-ring (bicyclic) bond motifs is 1. The van der Waals surface area contributed by atoms with Gasteiger partial charge in [-0.3, -0.25) is 4.79 Å². The van der Waals surface area contributed by atoms with Gasteiger partial charge in [-0.2, -0.15) is 4.98 Å². The minimum atomic E-state index is -0.0102. The average Bonchev–Trinajstić information content (AvgIpc) is 3.25. The molecule has 1 fully saturated rings. The number of hydrogen-bond acceptors (Lipinski definition) is 6. The third-order valence-corrected chi connectivity index (χ3v) is 6.72. The molecule has 2 aromatic heterocycles. The van der Waals surface area contributed by atoms with Crippen molar-refractivity contribution in [2.45, 2.75) is 32.7 Å². The highest BCUT2D eigenvalue weighted by Gasteiger charge is 2.34. The summed E-state index contributed by atoms with van der Waals surface area (Å²) in [6.07, 6.45) is 5.42. The fraction of sp³-hybridized carbons (Fsp3) is 0.308. The molecule has 34 heavy (non-hydrogen) atoms. The maximum absolute atomic E-state index is 13.9. The summed E-state index contributed by atoms with van der Waals surface area (Å²) in [7, 11) is 0. The number of benzene rings is 2. The van der Waals surface area contributed by atoms with Gasteiger partial charge in [-0.1, -0.05) is 36.7 Å². The molecule has 2 aromatic carbocycles. The SMILES string of the molecule is Cc1cccc(-c2ncccn2)c1C(=O)N1CCCC(C)C1CNc1nc2cc(Cl)ccc2o1. The minimum absolute atomic E-state index is 0.00301. The van der Waals surface area contributed by atoms with E-state index in [-0.39, 0.29) is 11.9 Å². The van der Waals surface area contributed by atoms with E-state index in [1.807, 2.05) is 30.0 Å². The van der Waals surface area contributed by atoms with Crippen molar-refractivity contribution < 1.29 is 9.21 Å². The standard InChI is InChI=1S/C26H26ClN5O2/c1-16-7-4-13-32(21(16)15-30-26-31-20-14-18(27)9-10-22(20)34-26)25(33)23-17(2)6-3-8-19(23)24-28-11-5-12-29-24/h3,5-6,8-12,14,16,21H,4,7,13,15H2,1-2H3,(H,30,31). The van der Waals surface area contributed by atoms with E-state index < -0.39 is 0 Å². The molecule has 0 radical (unpaired) electrons. The van der Waals surface area contributed by atoms with Crippen molar-refractivity contribution >= 4 is 34.6 Å². The monoisotopic (exact) mass is 475 g/mol. The summed E-state index contributed by atoms with van der Waals surface area (Å²) in [5.41, 5.74) is 3.70. The van der Waals surface area contributed by atoms with Gasteiger partial charge in [-0.05, 0) is 55.5 Å². The van der Waals surface area contributed by atoms with Gasteiger partial charge in [-0.15, -0.1) is 0 Å². The molecule has 0 aliphatic carbocycles. The number of anilines is 1. The molecule has 8 heteroatoms. The number of hydrogen-bond donors (Lipinski definition) is 1. The Morgan fingerprint density at radius 3 is 2.85 bits per heavy atom. The molecule has 1 aliphatic heterocycles. The molecule has 3 heterocycles. The number of piperidine rings is 1. The lowest BCUT2D eigenvalue weighted by atomic mass is 9.89. The highest BCUT2D eigenvalue weighted by molar-refractivity contribution is 6.31. The summed E-state index contributed by atoms with van der Waals surface area (Å²) >= 11 is 6.07. The molecule has 0 saturated carbocycles. The van der Waals surface area contributed by atoms with Gasteiger partial charge in [0.2, 0.25) is 0 Å². The first-order valence-electron chi connectivity index (χ1n) is 11.5. The van der Waals surface area contributed by atoms with Crippen LogP contribution in [0.5, 0.6) is 0 Å². The van der Waals surface area contributed by atoms with Crippen LogP contribution in [0.3, 0.4) is 0 Å². The summed E-state index contributed by atoms with van der Waals surface area (Å²) in [6.45, 7) is 5.39. The molecule has 5 rings (SSSR count). The third kappa shape index (κ3) is 4.35. The second-order valence-electron chi connectivity index (χ2n) is 8.77. The third-order valence-electron chi connectivity index (χ3n) is 6.48. The van der Waals surface area contributed by atoms with E-state index in [9.17, 15) is 4.79 Å². The topological polar surface area (TPSA) is 84.2 Å². The van der Waals surface area contributed by atoms with E-state index in [1.54, 1.807) is 36.7 Å². The van der Waals surface area contributed by atoms with Gasteiger partial charge in [0, 0.05) is 36.1 Å². The molecular weight excluding hydrogens is 450 g/mol. The first kappa shape index (κ1) is 22.3. The molecule has 174 valence electrons. The van der Waals surface area contributed by atoms with Crippen LogP contribution in [0, 0.1) is 12.8 Å². The Morgan fingerprint density at radius 2 is 2.03 bits per heavy atom. The predicted octanol–water partition coefficient (Wildman–Crippen LogP) is 5.60. The number of likely N-dealkylation sites (tertiary alicyclic amines) is 1. The Labute approximate surface area is 203 Å². The second-order valence-corrected chi connectivity index (χ2v) is 9.20. The van der Waals surface area contributed by atoms with Crippen LogP contribution >= 0.6 is 11.6 Å². The van der Waals surface area contributed by atoms with Crippen LogP contribution in [0.4, 0.5) is 6.01 Å². The minimum Gasteiger partial charge on any atom is -0.424 e. The largest absolute Gasteiger partial charge is 0.424 e. The molecule has 0 bridgehead atoms. The van der Waals surface area contributed by atoms with E-state index in [4.69, 9.17) is 16.0 Å². The Kier molecular flexibility index (Phi) is 6.20. The zero-order valence-electron chi connectivity index (χ0n) is 19.2. The first-order valence-corrected chi connectivity index (χ1v) is 11.9. The fourth-order valence-corrected chi connectivity index (χ4v) is 4.87. The number of halogens is 1. The van der Waals surface area contributed by atoms with Gasteiger partial charge in [0.05, 0.1) is 11.6 Å². The lowest BCUT2D eigenvalue weighted by molar-refractivity contribution is 0.0539. The molecule has 1 aliphatic rings. The zero-order chi connectivity index (χ0) is 23.7. The summed E-state index contributed by atoms with van der Waals surface area (Å²) in [6, 6.07) is 13.4. The van der Waals surface area contributed by atoms with E-state index in [0.717, 1.165) is 24.0 Å². The van der Waals surface area contributed by atoms with Crippen LogP contribution < -0.4 is 5.32 Å². The molecular formula is C26H26ClN5O2. The maximum Gasteiger partial charge on any atom is 0.295 e. The normalized spacial score (nSPS) is 18.3. The van der Waals surface area contributed by atoms with Crippen molar-refractivity contribution in [3.8, 4) is 11.4 Å². The zero-order valence-corrected chi connectivity index (χ0v) is 19.9. The number of carbonyl (C=O) groups excluding carboxylic acids is 1. The quantitative estimate of drug-likeness (QED) is 0.404. The maximum atomic E-state index is 13.9. The van der Waals surface area contributed by atoms with Gasteiger partial charge in [0.1, 0.15) is 5.52 Å². The molecule has 1 saturated heterocycles. The van der Waals surface area contributed by atoms with Crippen molar-refractivity contribution in [2.24, 2.45) is 5.92 Å². The summed E-state index contributed by atoms with van der Waals surface area (Å²) < 4.78 is 5.82. The van der Waals surface area contributed by atoms with Crippen molar-refractivity contribution in [3.05, 3.63) is 71.0 Å². The van der Waals surface area contributed by atoms with E-state index >= 15 is 0 Å². The Hall–Kier alpha value is -3.45. The van der Waals surface area contributed by atoms with Gasteiger partial charge in [-0.25, -0.2) is 9.97 Å². The Balaban J connectivity index is 1.42. The van der Waals surface area contributed by atoms with E-state index in [0.29, 0.717) is 52.5 Å². The molecule has 2 unspecified atom stereocenters. The van der Waals surface area contributed by atoms with Crippen molar-refractivity contribution in [1.29, 1.82) is 0 Å². The van der Waals surface area contributed by atoms with Crippen molar-refractivity contribution in [2.75, 3.05) is 18.4 Å². The van der Waals surface area contributed by atoms with E-state index in [1.165, 1.54) is 0 Å². The second kappa shape index (κ2) is 9.43. The van der Waals surface area contributed by atoms with Gasteiger partial charge < -0.3 is 14.6 Å². The average molecular weight is 476 g/mol. The first-order chi connectivity index (χ1) is 16.5. The Morgan fingerprint density at radius 1 is 1.21 bits per heavy atom. The number of nitrogens with one attached hydrogen (secondary N) is 1. The van der Waals surface area contributed by atoms with Crippen LogP contribution in [-0.4, -0.2) is 44.9 Å². The lowest BCUT2D eigenvalue weighted by Crippen LogP contribution is -2.51. The number of nitrogens with zero attached hydrogens (tertiary/aromatic N) is 4. The highest BCUT2D eigenvalue weighted by atomic mass is 35.5. The van der Waals surface area contributed by atoms with Crippen LogP contribution in [-0.2, 0) is 0 Å². The lowest BCUT2D eigenvalue weighted by Gasteiger charge is -2.40. The van der Waals surface area contributed by atoms with Gasteiger partial charge in [0.25, 0.3) is 11.9 Å². The van der Waals surface area contributed by atoms with Crippen LogP contribution in [0.2, 0.25) is 5.02 Å². The van der Waals surface area contributed by atoms with Gasteiger partial charge in [0.15, 0.2) is 11.4 Å². The number of aromatic nitrogens is 3. The highest BCUT2D eigenvalue weighted by Crippen LogP contribution is 2.30. The van der Waals surface area contributed by atoms with E-state index in [2.05, 4.69) is 27.2 Å².